The zero-order valence-electron chi connectivity index (χ0n) is 18.5. The first-order valence-electron chi connectivity index (χ1n) is 11.2. The minimum absolute atomic E-state index is 0.0250. The van der Waals surface area contributed by atoms with Crippen LogP contribution >= 0.6 is 0 Å². The molecule has 2 heterocycles. The molecule has 2 aromatic carbocycles. The van der Waals surface area contributed by atoms with Gasteiger partial charge in [-0.25, -0.2) is 0 Å². The highest BCUT2D eigenvalue weighted by Gasteiger charge is 2.15. The fourth-order valence-corrected chi connectivity index (χ4v) is 4.38. The summed E-state index contributed by atoms with van der Waals surface area (Å²) in [7, 11) is 1.67. The molecule has 1 saturated heterocycles. The molecule has 1 N–H and O–H groups in total. The topological polar surface area (TPSA) is 59.4 Å². The Morgan fingerprint density at radius 3 is 3.00 bits per heavy atom. The highest BCUT2D eigenvalue weighted by Crippen LogP contribution is 2.19. The van der Waals surface area contributed by atoms with E-state index in [2.05, 4.69) is 28.3 Å². The predicted molar refractivity (Wildman–Crippen MR) is 124 cm³/mol. The lowest BCUT2D eigenvalue weighted by Crippen LogP contribution is -2.36. The standard InChI is InChI=1S/C25H32N4O2/c1-19-6-4-12-28(17-19)13-5-11-26-25(30)21-9-10-22-16-27-29(24(22)15-21)18-20-7-3-8-23(14-20)31-2/h3,7-10,14-16,19H,4-6,11-13,17-18H2,1-2H3,(H,26,30). The molecule has 164 valence electrons. The number of likely N-dealkylation sites (tertiary alicyclic amines) is 1. The summed E-state index contributed by atoms with van der Waals surface area (Å²) >= 11 is 0. The van der Waals surface area contributed by atoms with Crippen molar-refractivity contribution in [1.29, 1.82) is 0 Å². The van der Waals surface area contributed by atoms with Crippen molar-refractivity contribution < 1.29 is 9.53 Å². The minimum atomic E-state index is -0.0250. The average molecular weight is 421 g/mol. The first-order chi connectivity index (χ1) is 15.1. The van der Waals surface area contributed by atoms with Crippen LogP contribution in [0, 0.1) is 5.92 Å². The Hall–Kier alpha value is -2.86. The molecule has 0 bridgehead atoms. The summed E-state index contributed by atoms with van der Waals surface area (Å²) in [6.45, 7) is 7.07. The third kappa shape index (κ3) is 5.44. The molecule has 6 nitrogen and oxygen atoms in total. The highest BCUT2D eigenvalue weighted by atomic mass is 16.5. The zero-order chi connectivity index (χ0) is 21.6. The maximum Gasteiger partial charge on any atom is 0.251 e. The van der Waals surface area contributed by atoms with Crippen LogP contribution in [0.2, 0.25) is 0 Å². The number of piperidine rings is 1. The van der Waals surface area contributed by atoms with Crippen LogP contribution < -0.4 is 10.1 Å². The van der Waals surface area contributed by atoms with Crippen LogP contribution in [0.15, 0.2) is 48.7 Å². The number of nitrogens with zero attached hydrogens (tertiary/aromatic N) is 3. The number of amides is 1. The molecule has 1 fully saturated rings. The summed E-state index contributed by atoms with van der Waals surface area (Å²) in [6, 6.07) is 13.7. The second kappa shape index (κ2) is 9.96. The fraction of sp³-hybridized carbons (Fsp3) is 0.440. The molecule has 31 heavy (non-hydrogen) atoms. The number of hydrogen-bond acceptors (Lipinski definition) is 4. The number of rotatable bonds is 8. The van der Waals surface area contributed by atoms with Gasteiger partial charge in [0.1, 0.15) is 5.75 Å². The van der Waals surface area contributed by atoms with Gasteiger partial charge in [-0.15, -0.1) is 0 Å². The van der Waals surface area contributed by atoms with Crippen molar-refractivity contribution in [2.75, 3.05) is 33.3 Å². The lowest BCUT2D eigenvalue weighted by atomic mass is 10.0. The van der Waals surface area contributed by atoms with E-state index in [4.69, 9.17) is 4.74 Å². The van der Waals surface area contributed by atoms with E-state index >= 15 is 0 Å². The van der Waals surface area contributed by atoms with Gasteiger partial charge in [0.05, 0.1) is 25.4 Å². The van der Waals surface area contributed by atoms with Crippen molar-refractivity contribution in [2.24, 2.45) is 5.92 Å². The first kappa shape index (κ1) is 21.4. The summed E-state index contributed by atoms with van der Waals surface area (Å²) in [5, 5.41) is 8.62. The van der Waals surface area contributed by atoms with Crippen LogP contribution in [0.1, 0.15) is 42.1 Å². The van der Waals surface area contributed by atoms with E-state index in [0.29, 0.717) is 18.7 Å². The lowest BCUT2D eigenvalue weighted by Gasteiger charge is -2.30. The Bertz CT molecular complexity index is 1030. The molecule has 1 aliphatic rings. The molecular formula is C25H32N4O2. The van der Waals surface area contributed by atoms with Gasteiger partial charge in [-0.1, -0.05) is 25.1 Å². The number of fused-ring (bicyclic) bond motifs is 1. The molecule has 0 aliphatic carbocycles. The first-order valence-corrected chi connectivity index (χ1v) is 11.2. The van der Waals surface area contributed by atoms with Gasteiger partial charge < -0.3 is 15.0 Å². The molecule has 0 radical (unpaired) electrons. The molecule has 4 rings (SSSR count). The summed E-state index contributed by atoms with van der Waals surface area (Å²) < 4.78 is 7.25. The smallest absolute Gasteiger partial charge is 0.251 e. The largest absolute Gasteiger partial charge is 0.497 e. The van der Waals surface area contributed by atoms with Crippen LogP contribution in [0.4, 0.5) is 0 Å². The van der Waals surface area contributed by atoms with Gasteiger partial charge in [0.15, 0.2) is 0 Å². The third-order valence-corrected chi connectivity index (χ3v) is 6.05. The van der Waals surface area contributed by atoms with Crippen LogP contribution in [0.3, 0.4) is 0 Å². The lowest BCUT2D eigenvalue weighted by molar-refractivity contribution is 0.0950. The number of carbonyl (C=O) groups is 1. The SMILES string of the molecule is COc1cccc(Cn2ncc3ccc(C(=O)NCCCN4CCCC(C)C4)cc32)c1. The normalized spacial score (nSPS) is 17.0. The second-order valence-corrected chi connectivity index (χ2v) is 8.58. The molecule has 0 saturated carbocycles. The maximum absolute atomic E-state index is 12.7. The molecular weight excluding hydrogens is 388 g/mol. The van der Waals surface area contributed by atoms with Gasteiger partial charge in [-0.3, -0.25) is 9.48 Å². The van der Waals surface area contributed by atoms with E-state index in [1.807, 2.05) is 47.3 Å². The van der Waals surface area contributed by atoms with Gasteiger partial charge in [-0.05, 0) is 68.1 Å². The van der Waals surface area contributed by atoms with Crippen LogP contribution in [0.25, 0.3) is 10.9 Å². The van der Waals surface area contributed by atoms with E-state index < -0.39 is 0 Å². The quantitative estimate of drug-likeness (QED) is 0.561. The van der Waals surface area contributed by atoms with E-state index in [1.165, 1.54) is 25.9 Å². The van der Waals surface area contributed by atoms with Crippen molar-refractivity contribution in [3.05, 3.63) is 59.8 Å². The predicted octanol–water partition coefficient (Wildman–Crippen LogP) is 3.95. The van der Waals surface area contributed by atoms with E-state index in [0.717, 1.165) is 41.1 Å². The molecule has 1 atom stereocenters. The molecule has 1 aliphatic heterocycles. The Labute approximate surface area is 184 Å². The Balaban J connectivity index is 1.36. The molecule has 6 heteroatoms. The van der Waals surface area contributed by atoms with E-state index in [1.54, 1.807) is 7.11 Å². The number of nitrogens with one attached hydrogen (secondary N) is 1. The number of benzene rings is 2. The number of ether oxygens (including phenoxy) is 1. The Morgan fingerprint density at radius 2 is 2.16 bits per heavy atom. The molecule has 1 unspecified atom stereocenters. The van der Waals surface area contributed by atoms with Crippen molar-refractivity contribution in [3.8, 4) is 5.75 Å². The van der Waals surface area contributed by atoms with Gasteiger partial charge in [0, 0.05) is 24.0 Å². The summed E-state index contributed by atoms with van der Waals surface area (Å²) in [5.74, 6) is 1.59. The van der Waals surface area contributed by atoms with E-state index in [-0.39, 0.29) is 5.91 Å². The average Bonchev–Trinajstić information content (AvgIpc) is 3.18. The highest BCUT2D eigenvalue weighted by molar-refractivity contribution is 5.97. The number of carbonyl (C=O) groups excluding carboxylic acids is 1. The monoisotopic (exact) mass is 420 g/mol. The Morgan fingerprint density at radius 1 is 1.26 bits per heavy atom. The van der Waals surface area contributed by atoms with Crippen LogP contribution in [-0.4, -0.2) is 53.9 Å². The van der Waals surface area contributed by atoms with Crippen molar-refractivity contribution in [1.82, 2.24) is 20.0 Å². The second-order valence-electron chi connectivity index (χ2n) is 8.58. The number of methoxy groups -OCH3 is 1. The summed E-state index contributed by atoms with van der Waals surface area (Å²) in [6.07, 6.45) is 5.45. The zero-order valence-corrected chi connectivity index (χ0v) is 18.5. The number of aromatic nitrogens is 2. The van der Waals surface area contributed by atoms with Crippen molar-refractivity contribution in [2.45, 2.75) is 32.7 Å². The van der Waals surface area contributed by atoms with Gasteiger partial charge in [0.25, 0.3) is 5.91 Å². The third-order valence-electron chi connectivity index (χ3n) is 6.05. The van der Waals surface area contributed by atoms with Gasteiger partial charge >= 0.3 is 0 Å². The van der Waals surface area contributed by atoms with Gasteiger partial charge in [-0.2, -0.15) is 5.10 Å². The summed E-state index contributed by atoms with van der Waals surface area (Å²) in [4.78, 5) is 15.2. The fourth-order valence-electron chi connectivity index (χ4n) is 4.38. The maximum atomic E-state index is 12.7. The molecule has 1 aromatic heterocycles. The van der Waals surface area contributed by atoms with Crippen molar-refractivity contribution in [3.63, 3.8) is 0 Å². The van der Waals surface area contributed by atoms with Gasteiger partial charge in [0.2, 0.25) is 0 Å². The van der Waals surface area contributed by atoms with Crippen molar-refractivity contribution >= 4 is 16.8 Å². The van der Waals surface area contributed by atoms with Crippen LogP contribution in [-0.2, 0) is 6.54 Å². The number of hydrogen-bond donors (Lipinski definition) is 1. The molecule has 3 aromatic rings. The van der Waals surface area contributed by atoms with Crippen LogP contribution in [0.5, 0.6) is 5.75 Å². The molecule has 1 amide bonds. The minimum Gasteiger partial charge on any atom is -0.497 e. The molecule has 0 spiro atoms. The Kier molecular flexibility index (Phi) is 6.87. The van der Waals surface area contributed by atoms with E-state index in [9.17, 15) is 4.79 Å². The summed E-state index contributed by atoms with van der Waals surface area (Å²) in [5.41, 5.74) is 2.73.